The van der Waals surface area contributed by atoms with Crippen LogP contribution in [-0.2, 0) is 13.2 Å². The van der Waals surface area contributed by atoms with Gasteiger partial charge < -0.3 is 15.7 Å². The van der Waals surface area contributed by atoms with Crippen molar-refractivity contribution < 1.29 is 18.7 Å². The lowest BCUT2D eigenvalue weighted by Gasteiger charge is -2.29. The number of alkyl halides is 1. The highest BCUT2D eigenvalue weighted by molar-refractivity contribution is 5.94. The first-order valence-electron chi connectivity index (χ1n) is 10.1. The van der Waals surface area contributed by atoms with Crippen molar-refractivity contribution in [3.8, 4) is 5.75 Å². The molecular weight excluding hydrogens is 374 g/mol. The molecule has 0 aromatic heterocycles. The number of rotatable bonds is 7. The van der Waals surface area contributed by atoms with Crippen molar-refractivity contribution in [1.82, 2.24) is 10.6 Å². The molecule has 3 N–H and O–H groups in total. The number of carbonyl (C=O) groups excluding carboxylic acids is 1. The SMILES string of the molecule is Cc1cccc(CN[C@H]2CC[C@@H](CNC(=O)c3cc(F)cc(CF)c3)CC2)c1O. The average molecular weight is 402 g/mol. The highest BCUT2D eigenvalue weighted by Gasteiger charge is 2.22. The fourth-order valence-electron chi connectivity index (χ4n) is 3.89. The molecule has 0 unspecified atom stereocenters. The number of aromatic hydroxyl groups is 1. The molecule has 156 valence electrons. The summed E-state index contributed by atoms with van der Waals surface area (Å²) < 4.78 is 26.2. The molecule has 0 spiro atoms. The Balaban J connectivity index is 1.42. The number of phenols is 1. The molecule has 0 heterocycles. The van der Waals surface area contributed by atoms with Crippen LogP contribution in [0.25, 0.3) is 0 Å². The van der Waals surface area contributed by atoms with Crippen molar-refractivity contribution in [2.75, 3.05) is 6.54 Å². The van der Waals surface area contributed by atoms with E-state index in [0.717, 1.165) is 48.9 Å². The van der Waals surface area contributed by atoms with Gasteiger partial charge in [0, 0.05) is 30.3 Å². The molecule has 29 heavy (non-hydrogen) atoms. The maximum Gasteiger partial charge on any atom is 0.251 e. The van der Waals surface area contributed by atoms with Crippen molar-refractivity contribution in [3.63, 3.8) is 0 Å². The van der Waals surface area contributed by atoms with E-state index in [0.29, 0.717) is 30.8 Å². The minimum absolute atomic E-state index is 0.158. The number of aryl methyl sites for hydroxylation is 1. The monoisotopic (exact) mass is 402 g/mol. The predicted molar refractivity (Wildman–Crippen MR) is 109 cm³/mol. The van der Waals surface area contributed by atoms with Crippen LogP contribution < -0.4 is 10.6 Å². The first-order chi connectivity index (χ1) is 14.0. The second-order valence-corrected chi connectivity index (χ2v) is 7.87. The normalized spacial score (nSPS) is 19.1. The Morgan fingerprint density at radius 1 is 1.17 bits per heavy atom. The van der Waals surface area contributed by atoms with E-state index < -0.39 is 12.5 Å². The Kier molecular flexibility index (Phi) is 7.20. The summed E-state index contributed by atoms with van der Waals surface area (Å²) >= 11 is 0. The molecule has 0 saturated heterocycles. The van der Waals surface area contributed by atoms with Gasteiger partial charge >= 0.3 is 0 Å². The van der Waals surface area contributed by atoms with Gasteiger partial charge in [0.1, 0.15) is 18.2 Å². The lowest BCUT2D eigenvalue weighted by Crippen LogP contribution is -2.36. The largest absolute Gasteiger partial charge is 0.507 e. The van der Waals surface area contributed by atoms with Crippen LogP contribution >= 0.6 is 0 Å². The van der Waals surface area contributed by atoms with E-state index in [4.69, 9.17) is 0 Å². The maximum atomic E-state index is 13.5. The number of halogens is 2. The Bertz CT molecular complexity index is 849. The number of nitrogens with one attached hydrogen (secondary N) is 2. The van der Waals surface area contributed by atoms with E-state index in [-0.39, 0.29) is 17.0 Å². The van der Waals surface area contributed by atoms with E-state index in [1.807, 2.05) is 25.1 Å². The first kappa shape index (κ1) is 21.2. The van der Waals surface area contributed by atoms with Gasteiger partial charge in [-0.15, -0.1) is 0 Å². The molecule has 1 amide bonds. The molecule has 1 aliphatic rings. The zero-order chi connectivity index (χ0) is 20.8. The van der Waals surface area contributed by atoms with Crippen molar-refractivity contribution in [2.45, 2.75) is 51.9 Å². The Morgan fingerprint density at radius 2 is 1.93 bits per heavy atom. The van der Waals surface area contributed by atoms with E-state index in [9.17, 15) is 18.7 Å². The van der Waals surface area contributed by atoms with Gasteiger partial charge in [0.15, 0.2) is 0 Å². The van der Waals surface area contributed by atoms with Gasteiger partial charge in [-0.3, -0.25) is 4.79 Å². The van der Waals surface area contributed by atoms with Crippen molar-refractivity contribution >= 4 is 5.91 Å². The molecule has 1 fully saturated rings. The van der Waals surface area contributed by atoms with Crippen molar-refractivity contribution in [3.05, 3.63) is 64.5 Å². The summed E-state index contributed by atoms with van der Waals surface area (Å²) in [5, 5.41) is 16.5. The Morgan fingerprint density at radius 3 is 2.66 bits per heavy atom. The van der Waals surface area contributed by atoms with Crippen LogP contribution in [0, 0.1) is 18.7 Å². The van der Waals surface area contributed by atoms with Gasteiger partial charge in [0.05, 0.1) is 0 Å². The zero-order valence-corrected chi connectivity index (χ0v) is 16.7. The molecule has 2 aromatic rings. The van der Waals surface area contributed by atoms with Crippen molar-refractivity contribution in [1.29, 1.82) is 0 Å². The van der Waals surface area contributed by atoms with Gasteiger partial charge in [-0.05, 0) is 67.9 Å². The van der Waals surface area contributed by atoms with Crippen LogP contribution in [0.15, 0.2) is 36.4 Å². The summed E-state index contributed by atoms with van der Waals surface area (Å²) in [7, 11) is 0. The standard InChI is InChI=1S/C23H28F2N2O2/c1-15-3-2-4-18(22(15)28)14-26-21-7-5-16(6-8-21)13-27-23(29)19-9-17(12-24)10-20(25)11-19/h2-4,9-11,16,21,26,28H,5-8,12-14H2,1H3,(H,27,29)/t16-,21+. The lowest BCUT2D eigenvalue weighted by molar-refractivity contribution is 0.0941. The smallest absolute Gasteiger partial charge is 0.251 e. The second-order valence-electron chi connectivity index (χ2n) is 7.87. The van der Waals surface area contributed by atoms with E-state index in [1.54, 1.807) is 0 Å². The van der Waals surface area contributed by atoms with E-state index in [1.165, 1.54) is 6.07 Å². The molecule has 0 atom stereocenters. The van der Waals surface area contributed by atoms with Gasteiger partial charge in [0.2, 0.25) is 0 Å². The van der Waals surface area contributed by atoms with Crippen LogP contribution in [0.4, 0.5) is 8.78 Å². The molecular formula is C23H28F2N2O2. The molecule has 3 rings (SSSR count). The summed E-state index contributed by atoms with van der Waals surface area (Å²) in [6, 6.07) is 9.77. The molecule has 1 aliphatic carbocycles. The number of benzene rings is 2. The third-order valence-electron chi connectivity index (χ3n) is 5.67. The fourth-order valence-corrected chi connectivity index (χ4v) is 3.89. The third kappa shape index (κ3) is 5.76. The van der Waals surface area contributed by atoms with Gasteiger partial charge in [0.25, 0.3) is 5.91 Å². The van der Waals surface area contributed by atoms with Gasteiger partial charge in [-0.2, -0.15) is 0 Å². The number of hydrogen-bond acceptors (Lipinski definition) is 3. The number of phenolic OH excluding ortho intramolecular Hbond substituents is 1. The average Bonchev–Trinajstić information content (AvgIpc) is 2.73. The minimum atomic E-state index is -0.796. The summed E-state index contributed by atoms with van der Waals surface area (Å²) in [4.78, 5) is 12.3. The minimum Gasteiger partial charge on any atom is -0.507 e. The van der Waals surface area contributed by atoms with Crippen LogP contribution in [0.2, 0.25) is 0 Å². The number of para-hydroxylation sites is 1. The van der Waals surface area contributed by atoms with Crippen LogP contribution in [0.1, 0.15) is 52.7 Å². The first-order valence-corrected chi connectivity index (χ1v) is 10.1. The summed E-state index contributed by atoms with van der Waals surface area (Å²) in [5.41, 5.74) is 2.11. The van der Waals surface area contributed by atoms with Gasteiger partial charge in [-0.25, -0.2) is 8.78 Å². The van der Waals surface area contributed by atoms with Gasteiger partial charge in [-0.1, -0.05) is 18.2 Å². The van der Waals surface area contributed by atoms with Crippen LogP contribution in [0.5, 0.6) is 5.75 Å². The fraction of sp³-hybridized carbons (Fsp3) is 0.435. The quantitative estimate of drug-likeness (QED) is 0.644. The molecule has 2 aromatic carbocycles. The summed E-state index contributed by atoms with van der Waals surface area (Å²) in [5.74, 6) is -0.242. The Hall–Kier alpha value is -2.47. The highest BCUT2D eigenvalue weighted by Crippen LogP contribution is 2.26. The molecule has 0 bridgehead atoms. The number of hydrogen-bond donors (Lipinski definition) is 3. The highest BCUT2D eigenvalue weighted by atomic mass is 19.1. The molecule has 1 saturated carbocycles. The van der Waals surface area contributed by atoms with Crippen LogP contribution in [0.3, 0.4) is 0 Å². The number of carbonyl (C=O) groups is 1. The molecule has 0 radical (unpaired) electrons. The summed E-state index contributed by atoms with van der Waals surface area (Å²) in [6.07, 6.45) is 3.96. The van der Waals surface area contributed by atoms with Crippen molar-refractivity contribution in [2.24, 2.45) is 5.92 Å². The lowest BCUT2D eigenvalue weighted by atomic mass is 9.86. The molecule has 6 heteroatoms. The van der Waals surface area contributed by atoms with Crippen LogP contribution in [-0.4, -0.2) is 23.6 Å². The molecule has 4 nitrogen and oxygen atoms in total. The topological polar surface area (TPSA) is 61.4 Å². The summed E-state index contributed by atoms with van der Waals surface area (Å²) in [6.45, 7) is 2.26. The van der Waals surface area contributed by atoms with E-state index >= 15 is 0 Å². The number of amides is 1. The second kappa shape index (κ2) is 9.83. The molecule has 0 aliphatic heterocycles. The predicted octanol–water partition coefficient (Wildman–Crippen LogP) is 4.39. The zero-order valence-electron chi connectivity index (χ0n) is 16.7. The Labute approximate surface area is 170 Å². The maximum absolute atomic E-state index is 13.5. The van der Waals surface area contributed by atoms with E-state index in [2.05, 4.69) is 10.6 Å². The third-order valence-corrected chi connectivity index (χ3v) is 5.67.